The molecular weight excluding hydrogens is 492 g/mol. The van der Waals surface area contributed by atoms with Crippen LogP contribution >= 0.6 is 0 Å². The van der Waals surface area contributed by atoms with Crippen molar-refractivity contribution in [2.24, 2.45) is 0 Å². The van der Waals surface area contributed by atoms with Gasteiger partial charge < -0.3 is 24.1 Å². The Morgan fingerprint density at radius 2 is 0.949 bits per heavy atom. The Balaban J connectivity index is 3.39. The number of unbranched alkanes of at least 4 members (excludes halogenated alkanes) is 12. The highest BCUT2D eigenvalue weighted by atomic mass is 16.5. The SMILES string of the molecule is CCCCCCOc1cc(OCCCCCC)c(OCCCCCC)c(C=CC(=O)O)c1OCCCCCC. The summed E-state index contributed by atoms with van der Waals surface area (Å²) in [5.41, 5.74) is 0.581. The number of ether oxygens (including phenoxy) is 4. The molecule has 0 atom stereocenters. The predicted octanol–water partition coefficient (Wildman–Crippen LogP) is 9.62. The molecule has 1 aromatic rings. The molecule has 0 saturated heterocycles. The third kappa shape index (κ3) is 15.7. The van der Waals surface area contributed by atoms with E-state index in [1.165, 1.54) is 12.8 Å². The van der Waals surface area contributed by atoms with Crippen LogP contribution in [-0.2, 0) is 4.79 Å². The Labute approximate surface area is 238 Å². The van der Waals surface area contributed by atoms with Crippen LogP contribution in [0.1, 0.15) is 136 Å². The van der Waals surface area contributed by atoms with Crippen molar-refractivity contribution < 1.29 is 28.8 Å². The molecule has 0 spiro atoms. The lowest BCUT2D eigenvalue weighted by Crippen LogP contribution is -2.09. The molecule has 0 bridgehead atoms. The molecule has 6 heteroatoms. The van der Waals surface area contributed by atoms with E-state index in [0.29, 0.717) is 55.0 Å². The molecule has 0 saturated carbocycles. The van der Waals surface area contributed by atoms with Crippen molar-refractivity contribution in [1.29, 1.82) is 0 Å². The Hall–Kier alpha value is -2.37. The molecule has 0 unspecified atom stereocenters. The fourth-order valence-corrected chi connectivity index (χ4v) is 4.26. The maximum Gasteiger partial charge on any atom is 0.328 e. The van der Waals surface area contributed by atoms with Crippen LogP contribution < -0.4 is 18.9 Å². The van der Waals surface area contributed by atoms with E-state index in [1.54, 1.807) is 6.08 Å². The number of aliphatic carboxylic acids is 1. The van der Waals surface area contributed by atoms with Gasteiger partial charge >= 0.3 is 5.97 Å². The number of carboxylic acids is 1. The van der Waals surface area contributed by atoms with E-state index < -0.39 is 5.97 Å². The minimum Gasteiger partial charge on any atom is -0.490 e. The van der Waals surface area contributed by atoms with Crippen LogP contribution in [0.5, 0.6) is 23.0 Å². The quantitative estimate of drug-likeness (QED) is 0.0917. The van der Waals surface area contributed by atoms with Crippen LogP contribution in [0, 0.1) is 0 Å². The zero-order valence-corrected chi connectivity index (χ0v) is 25.4. The van der Waals surface area contributed by atoms with Crippen molar-refractivity contribution in [2.75, 3.05) is 26.4 Å². The van der Waals surface area contributed by atoms with Crippen molar-refractivity contribution in [3.8, 4) is 23.0 Å². The average molecular weight is 549 g/mol. The van der Waals surface area contributed by atoms with Gasteiger partial charge in [-0.1, -0.05) is 105 Å². The smallest absolute Gasteiger partial charge is 0.328 e. The van der Waals surface area contributed by atoms with Gasteiger partial charge in [0, 0.05) is 12.1 Å². The summed E-state index contributed by atoms with van der Waals surface area (Å²) in [6.45, 7) is 11.0. The first-order valence-electron chi connectivity index (χ1n) is 15.7. The molecule has 1 N–H and O–H groups in total. The third-order valence-electron chi connectivity index (χ3n) is 6.59. The Kier molecular flexibility index (Phi) is 20.9. The molecule has 0 aliphatic carbocycles. The number of rotatable bonds is 26. The van der Waals surface area contributed by atoms with Gasteiger partial charge in [-0.05, 0) is 31.8 Å². The summed E-state index contributed by atoms with van der Waals surface area (Å²) in [4.78, 5) is 11.5. The summed E-state index contributed by atoms with van der Waals surface area (Å²) in [6.07, 6.45) is 20.1. The Morgan fingerprint density at radius 3 is 1.28 bits per heavy atom. The molecule has 1 aromatic carbocycles. The Morgan fingerprint density at radius 1 is 0.590 bits per heavy atom. The molecule has 0 heterocycles. The minimum atomic E-state index is -1.02. The monoisotopic (exact) mass is 548 g/mol. The molecule has 0 fully saturated rings. The summed E-state index contributed by atoms with van der Waals surface area (Å²) in [5.74, 6) is 1.25. The largest absolute Gasteiger partial charge is 0.490 e. The molecule has 0 aliphatic rings. The van der Waals surface area contributed by atoms with Gasteiger partial charge in [0.1, 0.15) is 0 Å². The molecule has 224 valence electrons. The van der Waals surface area contributed by atoms with Crippen LogP contribution in [0.15, 0.2) is 12.1 Å². The molecular formula is C33H56O6. The second-order valence-electron chi connectivity index (χ2n) is 10.3. The molecule has 0 amide bonds. The second kappa shape index (κ2) is 23.5. The molecule has 1 rings (SSSR count). The molecule has 0 aromatic heterocycles. The van der Waals surface area contributed by atoms with Crippen LogP contribution in [0.3, 0.4) is 0 Å². The van der Waals surface area contributed by atoms with E-state index in [4.69, 9.17) is 18.9 Å². The summed E-state index contributed by atoms with van der Waals surface area (Å²) >= 11 is 0. The van der Waals surface area contributed by atoms with Crippen molar-refractivity contribution in [2.45, 2.75) is 130 Å². The Bertz CT molecular complexity index is 739. The van der Waals surface area contributed by atoms with Crippen LogP contribution in [0.25, 0.3) is 6.08 Å². The van der Waals surface area contributed by atoms with E-state index in [0.717, 1.165) is 96.0 Å². The van der Waals surface area contributed by atoms with E-state index in [2.05, 4.69) is 27.7 Å². The summed E-state index contributed by atoms with van der Waals surface area (Å²) in [6, 6.07) is 1.89. The highest BCUT2D eigenvalue weighted by Crippen LogP contribution is 2.46. The van der Waals surface area contributed by atoms with E-state index in [-0.39, 0.29) is 0 Å². The fraction of sp³-hybridized carbons (Fsp3) is 0.727. The van der Waals surface area contributed by atoms with Crippen LogP contribution in [-0.4, -0.2) is 37.5 Å². The number of benzene rings is 1. The summed E-state index contributed by atoms with van der Waals surface area (Å²) in [7, 11) is 0. The first-order valence-corrected chi connectivity index (χ1v) is 15.7. The highest BCUT2D eigenvalue weighted by Gasteiger charge is 2.22. The highest BCUT2D eigenvalue weighted by molar-refractivity contribution is 5.88. The maximum absolute atomic E-state index is 11.5. The van der Waals surface area contributed by atoms with E-state index >= 15 is 0 Å². The number of hydrogen-bond acceptors (Lipinski definition) is 5. The van der Waals surface area contributed by atoms with Gasteiger partial charge in [0.25, 0.3) is 0 Å². The summed E-state index contributed by atoms with van der Waals surface area (Å²) < 4.78 is 25.2. The third-order valence-corrected chi connectivity index (χ3v) is 6.59. The van der Waals surface area contributed by atoms with Crippen molar-refractivity contribution in [1.82, 2.24) is 0 Å². The summed E-state index contributed by atoms with van der Waals surface area (Å²) in [5, 5.41) is 9.46. The number of carboxylic acid groups (broad SMARTS) is 1. The lowest BCUT2D eigenvalue weighted by molar-refractivity contribution is -0.131. The van der Waals surface area contributed by atoms with Crippen LogP contribution in [0.2, 0.25) is 0 Å². The van der Waals surface area contributed by atoms with Crippen molar-refractivity contribution >= 4 is 12.0 Å². The first kappa shape index (κ1) is 34.7. The zero-order valence-electron chi connectivity index (χ0n) is 25.4. The molecule has 39 heavy (non-hydrogen) atoms. The minimum absolute atomic E-state index is 0.535. The maximum atomic E-state index is 11.5. The van der Waals surface area contributed by atoms with Gasteiger partial charge in [-0.15, -0.1) is 0 Å². The normalized spacial score (nSPS) is 11.2. The van der Waals surface area contributed by atoms with Crippen molar-refractivity contribution in [3.05, 3.63) is 17.7 Å². The molecule has 6 nitrogen and oxygen atoms in total. The second-order valence-corrected chi connectivity index (χ2v) is 10.3. The average Bonchev–Trinajstić information content (AvgIpc) is 2.92. The number of hydrogen-bond donors (Lipinski definition) is 1. The van der Waals surface area contributed by atoms with Gasteiger partial charge in [-0.2, -0.15) is 0 Å². The first-order chi connectivity index (χ1) is 19.1. The predicted molar refractivity (Wildman–Crippen MR) is 162 cm³/mol. The van der Waals surface area contributed by atoms with Gasteiger partial charge in [0.05, 0.1) is 32.0 Å². The van der Waals surface area contributed by atoms with Gasteiger partial charge in [-0.25, -0.2) is 4.79 Å². The lowest BCUT2D eigenvalue weighted by Gasteiger charge is -2.22. The lowest BCUT2D eigenvalue weighted by atomic mass is 10.1. The molecule has 0 radical (unpaired) electrons. The topological polar surface area (TPSA) is 74.2 Å². The van der Waals surface area contributed by atoms with E-state index in [9.17, 15) is 9.90 Å². The van der Waals surface area contributed by atoms with Gasteiger partial charge in [0.2, 0.25) is 0 Å². The molecule has 0 aliphatic heterocycles. The van der Waals surface area contributed by atoms with Gasteiger partial charge in [0.15, 0.2) is 23.0 Å². The fourth-order valence-electron chi connectivity index (χ4n) is 4.26. The van der Waals surface area contributed by atoms with Crippen LogP contribution in [0.4, 0.5) is 0 Å². The van der Waals surface area contributed by atoms with E-state index in [1.807, 2.05) is 6.07 Å². The zero-order chi connectivity index (χ0) is 28.6. The standard InChI is InChI=1S/C33H56O6/c1-5-9-13-17-23-36-29-27-30(37-24-18-14-10-6-2)33(39-26-20-16-12-8-4)28(21-22-31(34)35)32(29)38-25-19-15-11-7-3/h21-22,27H,5-20,23-26H2,1-4H3,(H,34,35). The van der Waals surface area contributed by atoms with Crippen molar-refractivity contribution in [3.63, 3.8) is 0 Å². The van der Waals surface area contributed by atoms with Gasteiger partial charge in [-0.3, -0.25) is 0 Å². The number of carbonyl (C=O) groups is 1.